The zero-order valence-electron chi connectivity index (χ0n) is 15.8. The maximum absolute atomic E-state index is 12.2. The molecule has 3 aromatic rings. The van der Waals surface area contributed by atoms with Gasteiger partial charge in [0.25, 0.3) is 0 Å². The zero-order valence-corrected chi connectivity index (χ0v) is 15.8. The highest BCUT2D eigenvalue weighted by Gasteiger charge is 2.17. The molecule has 0 saturated heterocycles. The minimum absolute atomic E-state index is 0.193. The Labute approximate surface area is 158 Å². The number of benzene rings is 2. The van der Waals surface area contributed by atoms with E-state index in [0.717, 1.165) is 17.5 Å². The first-order valence-corrected chi connectivity index (χ1v) is 8.89. The van der Waals surface area contributed by atoms with Crippen molar-refractivity contribution in [2.24, 2.45) is 0 Å². The van der Waals surface area contributed by atoms with Crippen molar-refractivity contribution < 1.29 is 13.9 Å². The smallest absolute Gasteiger partial charge is 0.336 e. The number of nitrogens with zero attached hydrogens (tertiary/aromatic N) is 1. The molecule has 2 aromatic carbocycles. The fraction of sp³-hybridized carbons (Fsp3) is 0.273. The van der Waals surface area contributed by atoms with Crippen LogP contribution in [-0.2, 0) is 6.54 Å². The molecule has 5 nitrogen and oxygen atoms in total. The lowest BCUT2D eigenvalue weighted by Gasteiger charge is -2.18. The highest BCUT2D eigenvalue weighted by molar-refractivity contribution is 6.07. The molecule has 0 aliphatic carbocycles. The predicted molar refractivity (Wildman–Crippen MR) is 105 cm³/mol. The zero-order chi connectivity index (χ0) is 19.4. The summed E-state index contributed by atoms with van der Waals surface area (Å²) in [4.78, 5) is 26.1. The van der Waals surface area contributed by atoms with E-state index in [-0.39, 0.29) is 5.78 Å². The molecule has 1 aromatic heterocycles. The van der Waals surface area contributed by atoms with E-state index in [2.05, 4.69) is 17.0 Å². The van der Waals surface area contributed by atoms with Crippen LogP contribution in [0.1, 0.15) is 28.4 Å². The summed E-state index contributed by atoms with van der Waals surface area (Å²) in [5.41, 5.74) is 2.15. The van der Waals surface area contributed by atoms with Crippen molar-refractivity contribution in [2.45, 2.75) is 20.4 Å². The topological polar surface area (TPSA) is 59.8 Å². The van der Waals surface area contributed by atoms with Crippen LogP contribution in [-0.4, -0.2) is 30.9 Å². The molecule has 0 unspecified atom stereocenters. The van der Waals surface area contributed by atoms with Gasteiger partial charge in [-0.05, 0) is 44.2 Å². The Hall–Kier alpha value is -2.92. The van der Waals surface area contributed by atoms with E-state index in [1.807, 2.05) is 38.2 Å². The van der Waals surface area contributed by atoms with E-state index in [4.69, 9.17) is 9.15 Å². The van der Waals surface area contributed by atoms with E-state index < -0.39 is 5.63 Å². The summed E-state index contributed by atoms with van der Waals surface area (Å²) < 4.78 is 11.2. The molecule has 0 radical (unpaired) electrons. The number of ether oxygens (including phenoxy) is 1. The number of rotatable bonds is 7. The lowest BCUT2D eigenvalue weighted by molar-refractivity contribution is 0.101. The quantitative estimate of drug-likeness (QED) is 0.471. The third kappa shape index (κ3) is 4.44. The predicted octanol–water partition coefficient (Wildman–Crippen LogP) is 3.81. The van der Waals surface area contributed by atoms with E-state index in [1.54, 1.807) is 6.07 Å². The lowest BCUT2D eigenvalue weighted by atomic mass is 10.0. The number of hydrogen-bond donors (Lipinski definition) is 0. The molecular weight excluding hydrogens is 342 g/mol. The average Bonchev–Trinajstić information content (AvgIpc) is 2.61. The van der Waals surface area contributed by atoms with E-state index >= 15 is 0 Å². The van der Waals surface area contributed by atoms with Gasteiger partial charge < -0.3 is 9.15 Å². The molecule has 0 aliphatic rings. The van der Waals surface area contributed by atoms with Crippen LogP contribution in [0, 0.1) is 6.92 Å². The Morgan fingerprint density at radius 3 is 2.59 bits per heavy atom. The van der Waals surface area contributed by atoms with Crippen molar-refractivity contribution in [3.8, 4) is 5.75 Å². The second kappa shape index (κ2) is 8.18. The second-order valence-electron chi connectivity index (χ2n) is 6.69. The summed E-state index contributed by atoms with van der Waals surface area (Å²) >= 11 is 0. The van der Waals surface area contributed by atoms with Crippen molar-refractivity contribution >= 4 is 16.8 Å². The highest BCUT2D eigenvalue weighted by atomic mass is 16.5. The molecular formula is C22H23NO4. The number of ketones is 1. The summed E-state index contributed by atoms with van der Waals surface area (Å²) in [7, 11) is 2.02. The van der Waals surface area contributed by atoms with Crippen LogP contribution < -0.4 is 10.4 Å². The minimum Gasteiger partial charge on any atom is -0.491 e. The molecule has 1 heterocycles. The number of hydrogen-bond acceptors (Lipinski definition) is 5. The fourth-order valence-corrected chi connectivity index (χ4v) is 3.10. The van der Waals surface area contributed by atoms with Crippen molar-refractivity contribution in [2.75, 3.05) is 20.2 Å². The van der Waals surface area contributed by atoms with Gasteiger partial charge in [-0.15, -0.1) is 0 Å². The van der Waals surface area contributed by atoms with Gasteiger partial charge >= 0.3 is 5.63 Å². The maximum atomic E-state index is 12.2. The molecule has 0 saturated carbocycles. The minimum atomic E-state index is -0.470. The van der Waals surface area contributed by atoms with Gasteiger partial charge in [-0.3, -0.25) is 9.69 Å². The molecule has 0 spiro atoms. The third-order valence-electron chi connectivity index (χ3n) is 4.46. The Morgan fingerprint density at radius 1 is 1.15 bits per heavy atom. The monoisotopic (exact) mass is 365 g/mol. The fourth-order valence-electron chi connectivity index (χ4n) is 3.10. The van der Waals surface area contributed by atoms with Gasteiger partial charge in [0.05, 0.1) is 0 Å². The molecule has 0 amide bonds. The van der Waals surface area contributed by atoms with Crippen LogP contribution in [0.25, 0.3) is 11.0 Å². The van der Waals surface area contributed by atoms with Crippen LogP contribution in [0.3, 0.4) is 0 Å². The van der Waals surface area contributed by atoms with Crippen molar-refractivity contribution in [1.82, 2.24) is 4.90 Å². The summed E-state index contributed by atoms with van der Waals surface area (Å²) in [6.45, 7) is 5.20. The highest BCUT2D eigenvalue weighted by Crippen LogP contribution is 2.29. The second-order valence-corrected chi connectivity index (χ2v) is 6.69. The van der Waals surface area contributed by atoms with Gasteiger partial charge in [0.15, 0.2) is 11.4 Å². The molecule has 3 rings (SSSR count). The number of likely N-dealkylation sites (N-methyl/N-ethyl adjacent to an activating group) is 1. The first-order chi connectivity index (χ1) is 13.0. The summed E-state index contributed by atoms with van der Waals surface area (Å²) in [5, 5.41) is 0.744. The Bertz CT molecular complexity index is 1010. The maximum Gasteiger partial charge on any atom is 0.336 e. The lowest BCUT2D eigenvalue weighted by Crippen LogP contribution is -2.24. The Morgan fingerprint density at radius 2 is 1.89 bits per heavy atom. The van der Waals surface area contributed by atoms with E-state index in [1.165, 1.54) is 18.6 Å². The van der Waals surface area contributed by atoms with Gasteiger partial charge in [0.2, 0.25) is 0 Å². The molecule has 0 fully saturated rings. The van der Waals surface area contributed by atoms with Gasteiger partial charge in [-0.1, -0.05) is 30.3 Å². The van der Waals surface area contributed by atoms with E-state index in [0.29, 0.717) is 30.0 Å². The van der Waals surface area contributed by atoms with Gasteiger partial charge in [-0.25, -0.2) is 4.79 Å². The Balaban J connectivity index is 1.76. The number of aryl methyl sites for hydroxylation is 1. The number of carbonyl (C=O) groups is 1. The first-order valence-electron chi connectivity index (χ1n) is 8.89. The number of carbonyl (C=O) groups excluding carboxylic acids is 1. The third-order valence-corrected chi connectivity index (χ3v) is 4.46. The number of Topliss-reactive ketones (excluding diaryl/α,β-unsaturated/α-hetero) is 1. The SMILES string of the molecule is CC(=O)c1c(OCCN(C)Cc2ccccc2)ccc2c(C)cc(=O)oc12. The van der Waals surface area contributed by atoms with Gasteiger partial charge in [-0.2, -0.15) is 0 Å². The van der Waals surface area contributed by atoms with E-state index in [9.17, 15) is 9.59 Å². The van der Waals surface area contributed by atoms with Crippen molar-refractivity contribution in [3.05, 3.63) is 75.6 Å². The van der Waals surface area contributed by atoms with Gasteiger partial charge in [0.1, 0.15) is 17.9 Å². The number of fused-ring (bicyclic) bond motifs is 1. The molecule has 0 aliphatic heterocycles. The van der Waals surface area contributed by atoms with Gasteiger partial charge in [0, 0.05) is 24.5 Å². The molecule has 140 valence electrons. The van der Waals surface area contributed by atoms with Crippen LogP contribution in [0.4, 0.5) is 0 Å². The van der Waals surface area contributed by atoms with Crippen LogP contribution >= 0.6 is 0 Å². The largest absolute Gasteiger partial charge is 0.491 e. The van der Waals surface area contributed by atoms with Crippen LogP contribution in [0.5, 0.6) is 5.75 Å². The molecule has 0 N–H and O–H groups in total. The Kier molecular flexibility index (Phi) is 5.72. The normalized spacial score (nSPS) is 11.1. The van der Waals surface area contributed by atoms with Crippen LogP contribution in [0.2, 0.25) is 0 Å². The first kappa shape index (κ1) is 18.9. The van der Waals surface area contributed by atoms with Crippen molar-refractivity contribution in [3.63, 3.8) is 0 Å². The summed E-state index contributed by atoms with van der Waals surface area (Å²) in [6, 6.07) is 15.2. The van der Waals surface area contributed by atoms with Crippen LogP contribution in [0.15, 0.2) is 57.7 Å². The van der Waals surface area contributed by atoms with Crippen molar-refractivity contribution in [1.29, 1.82) is 0 Å². The summed E-state index contributed by atoms with van der Waals surface area (Å²) in [6.07, 6.45) is 0. The molecule has 27 heavy (non-hydrogen) atoms. The average molecular weight is 365 g/mol. The molecule has 0 bridgehead atoms. The molecule has 0 atom stereocenters. The molecule has 5 heteroatoms. The summed E-state index contributed by atoms with van der Waals surface area (Å²) in [5.74, 6) is 0.249. The standard InChI is InChI=1S/C22H23NO4/c1-15-13-20(25)27-22-18(15)9-10-19(21(22)16(2)24)26-12-11-23(3)14-17-7-5-4-6-8-17/h4-10,13H,11-12,14H2,1-3H3.